The first kappa shape index (κ1) is 25.3. The standard InChI is InChI=1S/C19H27N5O3.2ClH/c1-3-20-13(2)10-21-19(26)16-11-24(8-9-27-16)12-17-22-15-7-5-4-6-14(15)18(25)23-17;;/h4-7,13,16,20H,3,8-12H2,1-2H3,(H,21,26)(H,22,23,25);2*1H/t13-,16?;;/m1../s1. The molecule has 8 nitrogen and oxygen atoms in total. The number of aromatic nitrogens is 2. The van der Waals surface area contributed by atoms with Crippen molar-refractivity contribution in [2.75, 3.05) is 32.8 Å². The Morgan fingerprint density at radius 3 is 2.90 bits per heavy atom. The summed E-state index contributed by atoms with van der Waals surface area (Å²) in [6.45, 7) is 7.59. The van der Waals surface area contributed by atoms with Gasteiger partial charge in [-0.25, -0.2) is 4.98 Å². The first-order chi connectivity index (χ1) is 13.1. The van der Waals surface area contributed by atoms with Gasteiger partial charge in [0.05, 0.1) is 24.1 Å². The summed E-state index contributed by atoms with van der Waals surface area (Å²) in [6, 6.07) is 7.48. The number of rotatable bonds is 7. The first-order valence-corrected chi connectivity index (χ1v) is 9.39. The van der Waals surface area contributed by atoms with Crippen molar-refractivity contribution in [3.8, 4) is 0 Å². The van der Waals surface area contributed by atoms with Gasteiger partial charge in [0.25, 0.3) is 11.5 Å². The lowest BCUT2D eigenvalue weighted by atomic mass is 10.2. The number of likely N-dealkylation sites (N-methyl/N-ethyl adjacent to an activating group) is 1. The predicted octanol–water partition coefficient (Wildman–Crippen LogP) is 1.08. The van der Waals surface area contributed by atoms with Crippen LogP contribution in [0.5, 0.6) is 0 Å². The highest BCUT2D eigenvalue weighted by Crippen LogP contribution is 2.10. The SMILES string of the molecule is CCN[C@H](C)CNC(=O)C1CN(Cc2nc3ccccc3c(=O)[nH]2)CCO1.Cl.Cl. The van der Waals surface area contributed by atoms with Gasteiger partial charge in [-0.2, -0.15) is 0 Å². The molecule has 0 bridgehead atoms. The summed E-state index contributed by atoms with van der Waals surface area (Å²) in [5, 5.41) is 6.76. The number of morpholine rings is 1. The van der Waals surface area contributed by atoms with E-state index < -0.39 is 6.10 Å². The second kappa shape index (κ2) is 12.1. The van der Waals surface area contributed by atoms with E-state index in [1.54, 1.807) is 6.07 Å². The van der Waals surface area contributed by atoms with Crippen molar-refractivity contribution in [2.24, 2.45) is 0 Å². The fourth-order valence-electron chi connectivity index (χ4n) is 3.21. The van der Waals surface area contributed by atoms with Crippen molar-refractivity contribution in [1.82, 2.24) is 25.5 Å². The molecular weight excluding hydrogens is 417 g/mol. The molecule has 0 radical (unpaired) electrons. The number of fused-ring (bicyclic) bond motifs is 1. The summed E-state index contributed by atoms with van der Waals surface area (Å²) in [5.74, 6) is 0.491. The molecule has 1 fully saturated rings. The lowest BCUT2D eigenvalue weighted by Crippen LogP contribution is -2.51. The Labute approximate surface area is 182 Å². The van der Waals surface area contributed by atoms with E-state index in [1.807, 2.05) is 32.0 Å². The number of carbonyl (C=O) groups excluding carboxylic acids is 1. The summed E-state index contributed by atoms with van der Waals surface area (Å²) in [6.07, 6.45) is -0.514. The molecule has 10 heteroatoms. The fourth-order valence-corrected chi connectivity index (χ4v) is 3.21. The van der Waals surface area contributed by atoms with Crippen molar-refractivity contribution in [3.63, 3.8) is 0 Å². The van der Waals surface area contributed by atoms with Crippen LogP contribution in [0.15, 0.2) is 29.1 Å². The molecule has 2 heterocycles. The number of hydrogen-bond donors (Lipinski definition) is 3. The molecule has 2 aromatic rings. The minimum Gasteiger partial charge on any atom is -0.366 e. The molecule has 1 aromatic carbocycles. The van der Waals surface area contributed by atoms with Crippen molar-refractivity contribution in [2.45, 2.75) is 32.5 Å². The molecule has 1 aliphatic rings. The van der Waals surface area contributed by atoms with Crippen molar-refractivity contribution < 1.29 is 9.53 Å². The molecule has 29 heavy (non-hydrogen) atoms. The van der Waals surface area contributed by atoms with Gasteiger partial charge in [-0.1, -0.05) is 19.1 Å². The number of aromatic amines is 1. The highest BCUT2D eigenvalue weighted by Gasteiger charge is 2.27. The highest BCUT2D eigenvalue weighted by atomic mass is 35.5. The zero-order chi connectivity index (χ0) is 19.2. The van der Waals surface area contributed by atoms with Gasteiger partial charge >= 0.3 is 0 Å². The Hall–Kier alpha value is -1.71. The maximum Gasteiger partial charge on any atom is 0.258 e. The third kappa shape index (κ3) is 6.94. The van der Waals surface area contributed by atoms with E-state index >= 15 is 0 Å². The van der Waals surface area contributed by atoms with E-state index in [9.17, 15) is 9.59 Å². The van der Waals surface area contributed by atoms with Gasteiger partial charge < -0.3 is 20.4 Å². The van der Waals surface area contributed by atoms with Crippen LogP contribution in [-0.2, 0) is 16.1 Å². The van der Waals surface area contributed by atoms with Crippen LogP contribution in [0.25, 0.3) is 10.9 Å². The summed E-state index contributed by atoms with van der Waals surface area (Å²) < 4.78 is 5.63. The molecule has 162 valence electrons. The van der Waals surface area contributed by atoms with Crippen LogP contribution in [0, 0.1) is 0 Å². The van der Waals surface area contributed by atoms with E-state index in [4.69, 9.17) is 4.74 Å². The zero-order valence-corrected chi connectivity index (χ0v) is 18.3. The number of carbonyl (C=O) groups is 1. The molecule has 3 N–H and O–H groups in total. The van der Waals surface area contributed by atoms with E-state index in [2.05, 4.69) is 25.5 Å². The number of nitrogens with zero attached hydrogens (tertiary/aromatic N) is 2. The van der Waals surface area contributed by atoms with E-state index in [1.165, 1.54) is 0 Å². The lowest BCUT2D eigenvalue weighted by molar-refractivity contribution is -0.138. The van der Waals surface area contributed by atoms with Crippen LogP contribution in [-0.4, -0.2) is 65.7 Å². The number of nitrogens with one attached hydrogen (secondary N) is 3. The van der Waals surface area contributed by atoms with Crippen LogP contribution in [0.4, 0.5) is 0 Å². The molecule has 1 amide bonds. The van der Waals surface area contributed by atoms with Gasteiger partial charge in [0.15, 0.2) is 0 Å². The normalized spacial score (nSPS) is 17.8. The van der Waals surface area contributed by atoms with Gasteiger partial charge in [-0.3, -0.25) is 14.5 Å². The minimum absolute atomic E-state index is 0. The van der Waals surface area contributed by atoms with Crippen LogP contribution >= 0.6 is 24.8 Å². The van der Waals surface area contributed by atoms with Crippen LogP contribution in [0.3, 0.4) is 0 Å². The summed E-state index contributed by atoms with van der Waals surface area (Å²) in [4.78, 5) is 34.0. The molecular formula is C19H29Cl2N5O3. The number of ether oxygens (including phenoxy) is 1. The van der Waals surface area contributed by atoms with Crippen LogP contribution in [0.1, 0.15) is 19.7 Å². The summed E-state index contributed by atoms with van der Waals surface area (Å²) in [7, 11) is 0. The largest absolute Gasteiger partial charge is 0.366 e. The van der Waals surface area contributed by atoms with Crippen LogP contribution in [0.2, 0.25) is 0 Å². The smallest absolute Gasteiger partial charge is 0.258 e. The number of H-pyrrole nitrogens is 1. The fraction of sp³-hybridized carbons (Fsp3) is 0.526. The zero-order valence-electron chi connectivity index (χ0n) is 16.6. The molecule has 0 aliphatic carbocycles. The second-order valence-corrected chi connectivity index (χ2v) is 6.83. The average molecular weight is 446 g/mol. The van der Waals surface area contributed by atoms with E-state index in [-0.39, 0.29) is 42.3 Å². The second-order valence-electron chi connectivity index (χ2n) is 6.83. The Morgan fingerprint density at radius 1 is 1.38 bits per heavy atom. The van der Waals surface area contributed by atoms with E-state index in [0.717, 1.165) is 6.54 Å². The molecule has 0 spiro atoms. The Kier molecular flexibility index (Phi) is 10.6. The molecule has 3 rings (SSSR count). The van der Waals surface area contributed by atoms with E-state index in [0.29, 0.717) is 49.5 Å². The lowest BCUT2D eigenvalue weighted by Gasteiger charge is -2.32. The predicted molar refractivity (Wildman–Crippen MR) is 118 cm³/mol. The summed E-state index contributed by atoms with van der Waals surface area (Å²) >= 11 is 0. The number of hydrogen-bond acceptors (Lipinski definition) is 6. The number of benzene rings is 1. The van der Waals surface area contributed by atoms with Gasteiger partial charge in [-0.05, 0) is 25.6 Å². The third-order valence-corrected chi connectivity index (χ3v) is 4.61. The summed E-state index contributed by atoms with van der Waals surface area (Å²) in [5.41, 5.74) is 0.534. The quantitative estimate of drug-likeness (QED) is 0.589. The van der Waals surface area contributed by atoms with Crippen molar-refractivity contribution in [1.29, 1.82) is 0 Å². The first-order valence-electron chi connectivity index (χ1n) is 9.39. The highest BCUT2D eigenvalue weighted by molar-refractivity contribution is 5.85. The number of amides is 1. The van der Waals surface area contributed by atoms with Crippen molar-refractivity contribution in [3.05, 3.63) is 40.4 Å². The van der Waals surface area contributed by atoms with Gasteiger partial charge in [0.2, 0.25) is 0 Å². The molecule has 1 aromatic heterocycles. The molecule has 1 unspecified atom stereocenters. The minimum atomic E-state index is -0.514. The average Bonchev–Trinajstić information content (AvgIpc) is 2.66. The Bertz CT molecular complexity index is 848. The third-order valence-electron chi connectivity index (χ3n) is 4.61. The molecule has 2 atom stereocenters. The maximum absolute atomic E-state index is 12.4. The van der Waals surface area contributed by atoms with Crippen LogP contribution < -0.4 is 16.2 Å². The Morgan fingerprint density at radius 2 is 2.14 bits per heavy atom. The van der Waals surface area contributed by atoms with Crippen molar-refractivity contribution >= 4 is 41.6 Å². The monoisotopic (exact) mass is 445 g/mol. The molecule has 1 aliphatic heterocycles. The van der Waals surface area contributed by atoms with Gasteiger partial charge in [0.1, 0.15) is 11.9 Å². The number of halogens is 2. The number of para-hydroxylation sites is 1. The molecule has 1 saturated heterocycles. The topological polar surface area (TPSA) is 99.4 Å². The molecule has 0 saturated carbocycles. The Balaban J connectivity index is 0.00000210. The van der Waals surface area contributed by atoms with Gasteiger partial charge in [-0.15, -0.1) is 24.8 Å². The van der Waals surface area contributed by atoms with Gasteiger partial charge in [0, 0.05) is 25.7 Å². The maximum atomic E-state index is 12.4.